The maximum absolute atomic E-state index is 8.40. The van der Waals surface area contributed by atoms with E-state index in [2.05, 4.69) is 18.8 Å². The van der Waals surface area contributed by atoms with Crippen LogP contribution in [0.3, 0.4) is 0 Å². The quantitative estimate of drug-likeness (QED) is 0.531. The second-order valence-electron chi connectivity index (χ2n) is 2.10. The molecule has 1 atom stereocenters. The Morgan fingerprint density at radius 3 is 2.89 bits per heavy atom. The molecule has 0 saturated heterocycles. The van der Waals surface area contributed by atoms with Gasteiger partial charge in [0.05, 0.1) is 6.61 Å². The standard InChI is InChI=1S/C7H15NO/c1-3-4-7(2)8-5-6-9/h3,7-9H,1,4-6H2,2H3. The zero-order valence-electron chi connectivity index (χ0n) is 5.93. The van der Waals surface area contributed by atoms with Crippen molar-refractivity contribution in [2.24, 2.45) is 0 Å². The van der Waals surface area contributed by atoms with Crippen molar-refractivity contribution in [1.82, 2.24) is 5.32 Å². The summed E-state index contributed by atoms with van der Waals surface area (Å²) in [6.45, 7) is 6.56. The molecule has 0 aromatic carbocycles. The van der Waals surface area contributed by atoms with Crippen molar-refractivity contribution in [3.05, 3.63) is 12.7 Å². The van der Waals surface area contributed by atoms with Crippen LogP contribution >= 0.6 is 0 Å². The molecule has 0 aromatic heterocycles. The molecule has 9 heavy (non-hydrogen) atoms. The molecule has 0 fully saturated rings. The van der Waals surface area contributed by atoms with E-state index in [0.717, 1.165) is 6.42 Å². The molecule has 0 aliphatic rings. The van der Waals surface area contributed by atoms with Crippen molar-refractivity contribution in [3.63, 3.8) is 0 Å². The van der Waals surface area contributed by atoms with Gasteiger partial charge in [0.15, 0.2) is 0 Å². The summed E-state index contributed by atoms with van der Waals surface area (Å²) in [7, 11) is 0. The van der Waals surface area contributed by atoms with Crippen LogP contribution in [0.5, 0.6) is 0 Å². The molecule has 0 bridgehead atoms. The fourth-order valence-corrected chi connectivity index (χ4v) is 0.644. The van der Waals surface area contributed by atoms with Gasteiger partial charge in [-0.2, -0.15) is 0 Å². The lowest BCUT2D eigenvalue weighted by Crippen LogP contribution is -2.27. The Kier molecular flexibility index (Phi) is 5.57. The molecule has 0 aliphatic heterocycles. The molecule has 0 heterocycles. The molecule has 2 nitrogen and oxygen atoms in total. The highest BCUT2D eigenvalue weighted by Gasteiger charge is 1.94. The third-order valence-electron chi connectivity index (χ3n) is 1.12. The van der Waals surface area contributed by atoms with Gasteiger partial charge < -0.3 is 10.4 Å². The molecule has 0 aromatic rings. The van der Waals surface area contributed by atoms with E-state index in [-0.39, 0.29) is 6.61 Å². The molecule has 0 amide bonds. The zero-order valence-corrected chi connectivity index (χ0v) is 5.93. The van der Waals surface area contributed by atoms with Crippen LogP contribution in [0.2, 0.25) is 0 Å². The van der Waals surface area contributed by atoms with Crippen LogP contribution in [0.25, 0.3) is 0 Å². The van der Waals surface area contributed by atoms with E-state index < -0.39 is 0 Å². The summed E-state index contributed by atoms with van der Waals surface area (Å²) in [4.78, 5) is 0. The van der Waals surface area contributed by atoms with Crippen LogP contribution in [0.4, 0.5) is 0 Å². The molecule has 54 valence electrons. The average Bonchev–Trinajstić information content (AvgIpc) is 1.85. The summed E-state index contributed by atoms with van der Waals surface area (Å²) in [5, 5.41) is 11.5. The second kappa shape index (κ2) is 5.79. The van der Waals surface area contributed by atoms with Gasteiger partial charge in [-0.05, 0) is 13.3 Å². The number of aliphatic hydroxyl groups excluding tert-OH is 1. The number of hydrogen-bond donors (Lipinski definition) is 2. The summed E-state index contributed by atoms with van der Waals surface area (Å²) >= 11 is 0. The van der Waals surface area contributed by atoms with E-state index in [9.17, 15) is 0 Å². The van der Waals surface area contributed by atoms with E-state index in [1.54, 1.807) is 0 Å². The Balaban J connectivity index is 3.04. The Hall–Kier alpha value is -0.340. The van der Waals surface area contributed by atoms with Gasteiger partial charge in [0, 0.05) is 12.6 Å². The predicted molar refractivity (Wildman–Crippen MR) is 39.4 cm³/mol. The highest BCUT2D eigenvalue weighted by atomic mass is 16.3. The first-order valence-electron chi connectivity index (χ1n) is 3.26. The van der Waals surface area contributed by atoms with E-state index in [1.807, 2.05) is 6.08 Å². The topological polar surface area (TPSA) is 32.3 Å². The highest BCUT2D eigenvalue weighted by molar-refractivity contribution is 4.74. The minimum absolute atomic E-state index is 0.210. The van der Waals surface area contributed by atoms with E-state index in [4.69, 9.17) is 5.11 Å². The largest absolute Gasteiger partial charge is 0.395 e. The first kappa shape index (κ1) is 8.66. The van der Waals surface area contributed by atoms with Crippen molar-refractivity contribution < 1.29 is 5.11 Å². The number of hydrogen-bond acceptors (Lipinski definition) is 2. The van der Waals surface area contributed by atoms with Gasteiger partial charge >= 0.3 is 0 Å². The Bertz CT molecular complexity index is 73.3. The first-order valence-corrected chi connectivity index (χ1v) is 3.26. The minimum Gasteiger partial charge on any atom is -0.395 e. The van der Waals surface area contributed by atoms with Gasteiger partial charge in [-0.1, -0.05) is 6.08 Å². The molecule has 2 N–H and O–H groups in total. The lowest BCUT2D eigenvalue weighted by Gasteiger charge is -2.08. The molecule has 0 aliphatic carbocycles. The molecule has 0 spiro atoms. The Morgan fingerprint density at radius 1 is 1.78 bits per heavy atom. The van der Waals surface area contributed by atoms with Crippen molar-refractivity contribution in [1.29, 1.82) is 0 Å². The summed E-state index contributed by atoms with van der Waals surface area (Å²) in [5.41, 5.74) is 0. The minimum atomic E-state index is 0.210. The summed E-state index contributed by atoms with van der Waals surface area (Å²) < 4.78 is 0. The molecule has 0 saturated carbocycles. The van der Waals surface area contributed by atoms with Crippen molar-refractivity contribution >= 4 is 0 Å². The van der Waals surface area contributed by atoms with Crippen molar-refractivity contribution in [2.75, 3.05) is 13.2 Å². The fourth-order valence-electron chi connectivity index (χ4n) is 0.644. The highest BCUT2D eigenvalue weighted by Crippen LogP contribution is 1.88. The van der Waals surface area contributed by atoms with Gasteiger partial charge in [0.25, 0.3) is 0 Å². The number of rotatable bonds is 5. The van der Waals surface area contributed by atoms with Gasteiger partial charge in [0.1, 0.15) is 0 Å². The van der Waals surface area contributed by atoms with Crippen LogP contribution in [0.1, 0.15) is 13.3 Å². The molecule has 0 rings (SSSR count). The van der Waals surface area contributed by atoms with Gasteiger partial charge in [-0.3, -0.25) is 0 Å². The third-order valence-corrected chi connectivity index (χ3v) is 1.12. The van der Waals surface area contributed by atoms with E-state index in [1.165, 1.54) is 0 Å². The number of nitrogens with one attached hydrogen (secondary N) is 1. The van der Waals surface area contributed by atoms with Gasteiger partial charge in [0.2, 0.25) is 0 Å². The summed E-state index contributed by atoms with van der Waals surface area (Å²) in [6, 6.07) is 0.439. The van der Waals surface area contributed by atoms with Gasteiger partial charge in [-0.15, -0.1) is 6.58 Å². The SMILES string of the molecule is C=CCC(C)NCCO. The van der Waals surface area contributed by atoms with Gasteiger partial charge in [-0.25, -0.2) is 0 Å². The summed E-state index contributed by atoms with van der Waals surface area (Å²) in [5.74, 6) is 0. The lowest BCUT2D eigenvalue weighted by molar-refractivity contribution is 0.286. The molecule has 2 heteroatoms. The second-order valence-corrected chi connectivity index (χ2v) is 2.10. The lowest BCUT2D eigenvalue weighted by atomic mass is 10.2. The average molecular weight is 129 g/mol. The van der Waals surface area contributed by atoms with Crippen LogP contribution in [-0.2, 0) is 0 Å². The zero-order chi connectivity index (χ0) is 7.11. The normalized spacial score (nSPS) is 13.1. The van der Waals surface area contributed by atoms with E-state index >= 15 is 0 Å². The monoisotopic (exact) mass is 129 g/mol. The molecule has 1 unspecified atom stereocenters. The smallest absolute Gasteiger partial charge is 0.0556 e. The van der Waals surface area contributed by atoms with Crippen LogP contribution < -0.4 is 5.32 Å². The van der Waals surface area contributed by atoms with Crippen molar-refractivity contribution in [2.45, 2.75) is 19.4 Å². The van der Waals surface area contributed by atoms with Crippen molar-refractivity contribution in [3.8, 4) is 0 Å². The Morgan fingerprint density at radius 2 is 2.44 bits per heavy atom. The van der Waals surface area contributed by atoms with Crippen LogP contribution in [0, 0.1) is 0 Å². The fraction of sp³-hybridized carbons (Fsp3) is 0.714. The maximum Gasteiger partial charge on any atom is 0.0556 e. The molecule has 0 radical (unpaired) electrons. The molecular formula is C7H15NO. The summed E-state index contributed by atoms with van der Waals surface area (Å²) in [6.07, 6.45) is 2.83. The van der Waals surface area contributed by atoms with Crippen LogP contribution in [-0.4, -0.2) is 24.3 Å². The number of aliphatic hydroxyl groups is 1. The first-order chi connectivity index (χ1) is 4.31. The predicted octanol–water partition coefficient (Wildman–Crippen LogP) is 0.533. The maximum atomic E-state index is 8.40. The van der Waals surface area contributed by atoms with E-state index in [0.29, 0.717) is 12.6 Å². The van der Waals surface area contributed by atoms with Crippen LogP contribution in [0.15, 0.2) is 12.7 Å². The Labute approximate surface area is 56.6 Å². The third kappa shape index (κ3) is 5.53. The molecular weight excluding hydrogens is 114 g/mol.